The molecule has 0 aliphatic carbocycles. The zero-order valence-electron chi connectivity index (χ0n) is 34.3. The van der Waals surface area contributed by atoms with Crippen molar-refractivity contribution in [3.8, 4) is 0 Å². The van der Waals surface area contributed by atoms with Crippen LogP contribution in [-0.2, 0) is 38.4 Å². The number of unbranched alkanes of at least 4 members (excludes halogenated alkanes) is 4. The van der Waals surface area contributed by atoms with E-state index in [9.17, 15) is 28.8 Å². The van der Waals surface area contributed by atoms with Gasteiger partial charge in [0.2, 0.25) is 12.8 Å². The van der Waals surface area contributed by atoms with E-state index in [0.717, 1.165) is 46.6 Å². The number of benzene rings is 2. The Morgan fingerprint density at radius 1 is 0.672 bits per heavy atom. The molecule has 2 aromatic carbocycles. The highest BCUT2D eigenvalue weighted by Crippen LogP contribution is 2.37. The summed E-state index contributed by atoms with van der Waals surface area (Å²) in [6.07, 6.45) is 8.77. The number of thioether (sulfide) groups is 2. The minimum absolute atomic E-state index is 0.0403. The highest BCUT2D eigenvalue weighted by molar-refractivity contribution is 9.10. The Hall–Kier alpha value is -4.26. The number of rotatable bonds is 32. The van der Waals surface area contributed by atoms with E-state index in [4.69, 9.17) is 22.3 Å². The van der Waals surface area contributed by atoms with Gasteiger partial charge >= 0.3 is 0 Å². The van der Waals surface area contributed by atoms with Crippen molar-refractivity contribution in [3.63, 3.8) is 0 Å². The van der Waals surface area contributed by atoms with Crippen LogP contribution in [0.2, 0.25) is 0 Å². The summed E-state index contributed by atoms with van der Waals surface area (Å²) in [6, 6.07) is 8.80. The Balaban J connectivity index is 1.87. The smallest absolute Gasteiger partial charge is 0.207 e. The molecule has 0 saturated carbocycles. The molecule has 2 amide bonds. The largest absolute Gasteiger partial charge is 0.388 e. The van der Waals surface area contributed by atoms with Gasteiger partial charge in [-0.15, -0.1) is 23.5 Å². The fraction of sp³-hybridized carbons (Fsp3) is 0.442. The van der Waals surface area contributed by atoms with Gasteiger partial charge in [0.1, 0.15) is 29.3 Å². The number of aromatic nitrogens is 2. The average Bonchev–Trinajstić information content (AvgIpc) is 3.21. The van der Waals surface area contributed by atoms with E-state index in [1.54, 1.807) is 6.92 Å². The first kappa shape index (κ1) is 51.1. The van der Waals surface area contributed by atoms with Crippen molar-refractivity contribution in [1.82, 2.24) is 20.6 Å². The van der Waals surface area contributed by atoms with E-state index in [-0.39, 0.29) is 65.5 Å². The van der Waals surface area contributed by atoms with Crippen LogP contribution < -0.4 is 22.1 Å². The molecule has 328 valence electrons. The molecule has 3 aromatic rings. The monoisotopic (exact) mass is 1000 g/mol. The number of carbonyl (C=O) groups is 6. The number of Topliss-reactive ketones (excluding diaryl/α,β-unsaturated/α-hetero) is 4. The second kappa shape index (κ2) is 27.6. The predicted octanol–water partition coefficient (Wildman–Crippen LogP) is 7.09. The zero-order valence-corrected chi connectivity index (χ0v) is 39.1. The summed E-state index contributed by atoms with van der Waals surface area (Å²) in [5.41, 5.74) is 13.8. The van der Waals surface area contributed by atoms with Crippen molar-refractivity contribution < 1.29 is 28.8 Å². The quantitative estimate of drug-likeness (QED) is 0.00916. The number of nitrogens with one attached hydrogen (secondary N) is 4. The molecule has 1 atom stereocenters. The first-order chi connectivity index (χ1) is 29.2. The fourth-order valence-electron chi connectivity index (χ4n) is 6.51. The maximum Gasteiger partial charge on any atom is 0.207 e. The second-order valence-corrected chi connectivity index (χ2v) is 18.5. The van der Waals surface area contributed by atoms with Crippen molar-refractivity contribution in [2.24, 2.45) is 11.5 Å². The molecule has 8 N–H and O–H groups in total. The van der Waals surface area contributed by atoms with Crippen LogP contribution in [0.1, 0.15) is 120 Å². The maximum atomic E-state index is 14.2. The Labute approximate surface area is 382 Å². The number of carbonyl (C=O) groups excluding carboxylic acids is 6. The van der Waals surface area contributed by atoms with Gasteiger partial charge in [-0.25, -0.2) is 9.97 Å². The number of nitrogens with zero attached hydrogens (tertiary/aromatic N) is 2. The van der Waals surface area contributed by atoms with Crippen LogP contribution >= 0.6 is 55.4 Å². The van der Waals surface area contributed by atoms with Gasteiger partial charge in [0.05, 0.1) is 11.7 Å². The minimum Gasteiger partial charge on any atom is -0.388 e. The van der Waals surface area contributed by atoms with Gasteiger partial charge < -0.3 is 22.1 Å². The van der Waals surface area contributed by atoms with Crippen LogP contribution in [-0.4, -0.2) is 82.2 Å². The third-order valence-corrected chi connectivity index (χ3v) is 12.8. The van der Waals surface area contributed by atoms with Gasteiger partial charge in [-0.1, -0.05) is 51.6 Å². The van der Waals surface area contributed by atoms with Crippen LogP contribution in [0.25, 0.3) is 0 Å². The summed E-state index contributed by atoms with van der Waals surface area (Å²) >= 11 is 10.0. The van der Waals surface area contributed by atoms with Gasteiger partial charge in [0.25, 0.3) is 0 Å². The maximum absolute atomic E-state index is 14.2. The first-order valence-corrected chi connectivity index (χ1v) is 23.6. The number of nitrogens with two attached hydrogens (primary N) is 2. The predicted molar refractivity (Wildman–Crippen MR) is 248 cm³/mol. The van der Waals surface area contributed by atoms with Gasteiger partial charge in [0.15, 0.2) is 11.6 Å². The van der Waals surface area contributed by atoms with Crippen LogP contribution in [0.5, 0.6) is 0 Å². The molecule has 1 aromatic heterocycles. The Bertz CT molecular complexity index is 2050. The van der Waals surface area contributed by atoms with Crippen molar-refractivity contribution >= 4 is 103 Å². The lowest BCUT2D eigenvalue weighted by atomic mass is 9.91. The lowest BCUT2D eigenvalue weighted by molar-refractivity contribution is -0.119. The standard InChI is InChI=1S/C43H54Br2N8O6S2/c1-27(35-22-32(45)17-29(43(35)61-15-13-51-26-55)20-34(57)9-5-3-7-11-40(48)49)41(59)37-23-36(52-24-53-37)38(58)21-30-18-31(44)16-28(42(30)60-14-12-50-25-54)19-33(56)8-4-2-6-10-39(46)47/h16-18,22-27H,2-15,19-21H2,1H3,(H3,46,47)(H3,48,49)(H,50,54)(H,51,55). The minimum atomic E-state index is -0.736. The molecular weight excluding hydrogens is 948 g/mol. The number of amidine groups is 2. The summed E-state index contributed by atoms with van der Waals surface area (Å²) in [4.78, 5) is 86.4. The van der Waals surface area contributed by atoms with Crippen LogP contribution in [0.15, 0.2) is 55.4 Å². The summed E-state index contributed by atoms with van der Waals surface area (Å²) in [5.74, 6) is -0.116. The number of ketones is 4. The molecular formula is C43H54Br2N8O6S2. The third kappa shape index (κ3) is 18.3. The van der Waals surface area contributed by atoms with Crippen molar-refractivity contribution in [2.75, 3.05) is 24.6 Å². The normalized spacial score (nSPS) is 11.4. The highest BCUT2D eigenvalue weighted by Gasteiger charge is 2.26. The number of amides is 2. The Morgan fingerprint density at radius 2 is 1.13 bits per heavy atom. The molecule has 0 saturated heterocycles. The SMILES string of the molecule is CC(C(=O)c1cc(C(=O)Cc2cc(Br)cc(CC(=O)CCCCCC(=N)N)c2SCCNC=O)ncn1)c1cc(Br)cc(CC(=O)CCCCCC(=N)N)c1SCCNC=O. The summed E-state index contributed by atoms with van der Waals surface area (Å²) in [6.45, 7) is 2.51. The van der Waals surface area contributed by atoms with Crippen LogP contribution in [0.3, 0.4) is 0 Å². The van der Waals surface area contributed by atoms with E-state index in [1.165, 1.54) is 35.9 Å². The van der Waals surface area contributed by atoms with Gasteiger partial charge in [0, 0.05) is 94.2 Å². The first-order valence-electron chi connectivity index (χ1n) is 20.1. The molecule has 0 spiro atoms. The molecule has 1 unspecified atom stereocenters. The molecule has 18 heteroatoms. The zero-order chi connectivity index (χ0) is 44.7. The molecule has 0 aliphatic heterocycles. The Kier molecular flexibility index (Phi) is 23.1. The lowest BCUT2D eigenvalue weighted by Gasteiger charge is -2.20. The summed E-state index contributed by atoms with van der Waals surface area (Å²) < 4.78 is 1.38. The summed E-state index contributed by atoms with van der Waals surface area (Å²) in [5, 5.41) is 20.1. The number of hydrogen-bond acceptors (Lipinski definition) is 12. The van der Waals surface area contributed by atoms with E-state index in [2.05, 4.69) is 52.5 Å². The van der Waals surface area contributed by atoms with E-state index < -0.39 is 5.92 Å². The second-order valence-electron chi connectivity index (χ2n) is 14.5. The number of hydrogen-bond donors (Lipinski definition) is 6. The summed E-state index contributed by atoms with van der Waals surface area (Å²) in [7, 11) is 0. The molecule has 3 rings (SSSR count). The number of halogens is 2. The van der Waals surface area contributed by atoms with Gasteiger partial charge in [-0.05, 0) is 78.3 Å². The van der Waals surface area contributed by atoms with Gasteiger partial charge in [-0.3, -0.25) is 39.6 Å². The molecule has 0 bridgehead atoms. The van der Waals surface area contributed by atoms with Crippen molar-refractivity contribution in [3.05, 3.63) is 79.2 Å². The van der Waals surface area contributed by atoms with Gasteiger partial charge in [-0.2, -0.15) is 0 Å². The van der Waals surface area contributed by atoms with Crippen molar-refractivity contribution in [1.29, 1.82) is 10.8 Å². The lowest BCUT2D eigenvalue weighted by Crippen LogP contribution is -2.17. The van der Waals surface area contributed by atoms with Crippen LogP contribution in [0, 0.1) is 10.8 Å². The van der Waals surface area contributed by atoms with E-state index in [0.29, 0.717) is 96.0 Å². The highest BCUT2D eigenvalue weighted by atomic mass is 79.9. The molecule has 14 nitrogen and oxygen atoms in total. The molecule has 0 radical (unpaired) electrons. The molecule has 0 fully saturated rings. The van der Waals surface area contributed by atoms with Crippen molar-refractivity contribution in [2.45, 2.75) is 106 Å². The van der Waals surface area contributed by atoms with E-state index >= 15 is 0 Å². The third-order valence-electron chi connectivity index (χ3n) is 9.51. The van der Waals surface area contributed by atoms with Crippen LogP contribution in [0.4, 0.5) is 0 Å². The van der Waals surface area contributed by atoms with E-state index in [1.807, 2.05) is 24.3 Å². The topological polar surface area (TPSA) is 252 Å². The Morgan fingerprint density at radius 3 is 1.66 bits per heavy atom. The molecule has 1 heterocycles. The fourth-order valence-corrected chi connectivity index (χ4v) is 9.78. The molecule has 61 heavy (non-hydrogen) atoms. The molecule has 0 aliphatic rings. The average molecular weight is 1000 g/mol.